The van der Waals surface area contributed by atoms with E-state index >= 15 is 0 Å². The van der Waals surface area contributed by atoms with Crippen LogP contribution in [0.5, 0.6) is 5.75 Å². The van der Waals surface area contributed by atoms with E-state index in [9.17, 15) is 26.4 Å². The maximum atomic E-state index is 12.6. The molecule has 11 heteroatoms. The molecule has 0 aromatic heterocycles. The Morgan fingerprint density at radius 3 is 2.15 bits per heavy atom. The molecule has 6 nitrogen and oxygen atoms in total. The molecule has 0 bridgehead atoms. The van der Waals surface area contributed by atoms with Crippen LogP contribution in [0.15, 0.2) is 71.6 Å². The molecule has 0 radical (unpaired) electrons. The van der Waals surface area contributed by atoms with Gasteiger partial charge in [0.15, 0.2) is 6.61 Å². The SMILES string of the molecule is Cc1ccc(NS(=O)(=O)c2ccc(OCC(=O)Nc3ccc(C(F)(F)F)cc3)c(Cl)c2)cc1. The first kappa shape index (κ1) is 24.4. The third kappa shape index (κ3) is 6.62. The van der Waals surface area contributed by atoms with Crippen LogP contribution in [-0.4, -0.2) is 20.9 Å². The van der Waals surface area contributed by atoms with Gasteiger partial charge in [0.25, 0.3) is 15.9 Å². The molecule has 0 unspecified atom stereocenters. The Labute approximate surface area is 193 Å². The van der Waals surface area contributed by atoms with Gasteiger partial charge >= 0.3 is 6.18 Å². The van der Waals surface area contributed by atoms with E-state index in [2.05, 4.69) is 10.0 Å². The summed E-state index contributed by atoms with van der Waals surface area (Å²) in [5.41, 5.74) is 0.684. The number of hydrogen-bond donors (Lipinski definition) is 2. The standard InChI is InChI=1S/C22H18ClF3N2O4S/c1-14-2-6-17(7-3-14)28-33(30,31)18-10-11-20(19(23)12-18)32-13-21(29)27-16-8-4-15(5-9-16)22(24,25)26/h2-12,28H,13H2,1H3,(H,27,29). The highest BCUT2D eigenvalue weighted by atomic mass is 35.5. The van der Waals surface area contributed by atoms with Gasteiger partial charge in [0.2, 0.25) is 0 Å². The van der Waals surface area contributed by atoms with E-state index in [-0.39, 0.29) is 21.4 Å². The molecule has 0 heterocycles. The minimum absolute atomic E-state index is 0.0379. The third-order valence-electron chi connectivity index (χ3n) is 4.37. The molecule has 1 amide bonds. The highest BCUT2D eigenvalue weighted by molar-refractivity contribution is 7.92. The summed E-state index contributed by atoms with van der Waals surface area (Å²) in [6.45, 7) is 1.38. The first-order valence-corrected chi connectivity index (χ1v) is 11.3. The van der Waals surface area contributed by atoms with Crippen molar-refractivity contribution in [3.8, 4) is 5.75 Å². The molecule has 0 aliphatic heterocycles. The second-order valence-electron chi connectivity index (χ2n) is 6.98. The topological polar surface area (TPSA) is 84.5 Å². The van der Waals surface area contributed by atoms with E-state index in [1.54, 1.807) is 24.3 Å². The van der Waals surface area contributed by atoms with E-state index < -0.39 is 34.3 Å². The molecule has 0 saturated carbocycles. The average molecular weight is 499 g/mol. The van der Waals surface area contributed by atoms with Crippen LogP contribution >= 0.6 is 11.6 Å². The molecule has 0 spiro atoms. The van der Waals surface area contributed by atoms with Crippen LogP contribution in [0.2, 0.25) is 5.02 Å². The van der Waals surface area contributed by atoms with Crippen molar-refractivity contribution in [2.45, 2.75) is 18.0 Å². The predicted molar refractivity (Wildman–Crippen MR) is 119 cm³/mol. The Hall–Kier alpha value is -3.24. The van der Waals surface area contributed by atoms with Crippen molar-refractivity contribution in [2.24, 2.45) is 0 Å². The number of alkyl halides is 3. The molecule has 0 aliphatic rings. The molecular formula is C22H18ClF3N2O4S. The van der Waals surface area contributed by atoms with Gasteiger partial charge in [-0.25, -0.2) is 8.42 Å². The van der Waals surface area contributed by atoms with E-state index in [1.165, 1.54) is 18.2 Å². The molecular weight excluding hydrogens is 481 g/mol. The molecule has 3 rings (SSSR count). The molecule has 0 aliphatic carbocycles. The van der Waals surface area contributed by atoms with Crippen molar-refractivity contribution < 1.29 is 31.1 Å². The Morgan fingerprint density at radius 1 is 0.970 bits per heavy atom. The summed E-state index contributed by atoms with van der Waals surface area (Å²) in [5, 5.41) is 2.36. The van der Waals surface area contributed by atoms with Crippen molar-refractivity contribution in [1.29, 1.82) is 0 Å². The fraction of sp³-hybridized carbons (Fsp3) is 0.136. The molecule has 0 saturated heterocycles. The van der Waals surface area contributed by atoms with Gasteiger partial charge < -0.3 is 10.1 Å². The molecule has 3 aromatic carbocycles. The number of rotatable bonds is 7. The van der Waals surface area contributed by atoms with E-state index in [4.69, 9.17) is 16.3 Å². The third-order valence-corrected chi connectivity index (χ3v) is 6.05. The number of carbonyl (C=O) groups excluding carboxylic acids is 1. The molecule has 33 heavy (non-hydrogen) atoms. The van der Waals surface area contributed by atoms with Crippen LogP contribution < -0.4 is 14.8 Å². The Morgan fingerprint density at radius 2 is 1.58 bits per heavy atom. The number of anilines is 2. The molecule has 3 aromatic rings. The molecule has 0 fully saturated rings. The van der Waals surface area contributed by atoms with Crippen molar-refractivity contribution in [2.75, 3.05) is 16.6 Å². The number of aryl methyl sites for hydroxylation is 1. The van der Waals surface area contributed by atoms with Gasteiger partial charge in [-0.2, -0.15) is 13.2 Å². The van der Waals surface area contributed by atoms with Crippen molar-refractivity contribution in [1.82, 2.24) is 0 Å². The summed E-state index contributed by atoms with van der Waals surface area (Å²) in [5.74, 6) is -0.572. The van der Waals surface area contributed by atoms with Crippen LogP contribution in [-0.2, 0) is 21.0 Å². The van der Waals surface area contributed by atoms with Crippen molar-refractivity contribution >= 4 is 38.9 Å². The summed E-state index contributed by atoms with van der Waals surface area (Å²) >= 11 is 6.11. The maximum Gasteiger partial charge on any atom is 0.416 e. The fourth-order valence-corrected chi connectivity index (χ4v) is 4.07. The number of nitrogens with one attached hydrogen (secondary N) is 2. The normalized spacial score (nSPS) is 11.7. The average Bonchev–Trinajstić information content (AvgIpc) is 2.74. The largest absolute Gasteiger partial charge is 0.482 e. The number of ether oxygens (including phenoxy) is 1. The molecule has 0 atom stereocenters. The summed E-state index contributed by atoms with van der Waals surface area (Å²) in [7, 11) is -3.90. The number of carbonyl (C=O) groups is 1. The van der Waals surface area contributed by atoms with E-state index in [1.807, 2.05) is 6.92 Å². The lowest BCUT2D eigenvalue weighted by Crippen LogP contribution is -2.20. The zero-order chi connectivity index (χ0) is 24.2. The van der Waals surface area contributed by atoms with E-state index in [0.29, 0.717) is 5.69 Å². The number of amides is 1. The first-order valence-electron chi connectivity index (χ1n) is 9.43. The zero-order valence-electron chi connectivity index (χ0n) is 17.1. The monoisotopic (exact) mass is 498 g/mol. The molecule has 174 valence electrons. The van der Waals surface area contributed by atoms with Gasteiger partial charge in [0, 0.05) is 11.4 Å². The predicted octanol–water partition coefficient (Wildman–Crippen LogP) is 5.49. The minimum Gasteiger partial charge on any atom is -0.482 e. The fourth-order valence-electron chi connectivity index (χ4n) is 2.68. The minimum atomic E-state index is -4.47. The van der Waals surface area contributed by atoms with Crippen LogP contribution in [0, 0.1) is 6.92 Å². The summed E-state index contributed by atoms with van der Waals surface area (Å²) in [6.07, 6.45) is -4.47. The van der Waals surface area contributed by atoms with Gasteiger partial charge in [0.1, 0.15) is 5.75 Å². The number of halogens is 4. The van der Waals surface area contributed by atoms with Gasteiger partial charge in [-0.15, -0.1) is 0 Å². The number of hydrogen-bond acceptors (Lipinski definition) is 4. The van der Waals surface area contributed by atoms with E-state index in [0.717, 1.165) is 29.8 Å². The van der Waals surface area contributed by atoms with Crippen molar-refractivity contribution in [3.63, 3.8) is 0 Å². The van der Waals surface area contributed by atoms with Gasteiger partial charge in [-0.05, 0) is 61.5 Å². The number of sulfonamides is 1. The van der Waals surface area contributed by atoms with Crippen LogP contribution in [0.25, 0.3) is 0 Å². The highest BCUT2D eigenvalue weighted by Gasteiger charge is 2.30. The van der Waals surface area contributed by atoms with Gasteiger partial charge in [0.05, 0.1) is 15.5 Å². The highest BCUT2D eigenvalue weighted by Crippen LogP contribution is 2.30. The smallest absolute Gasteiger partial charge is 0.416 e. The Balaban J connectivity index is 1.60. The Bertz CT molecular complexity index is 1250. The number of benzene rings is 3. The Kier molecular flexibility index (Phi) is 7.19. The quantitative estimate of drug-likeness (QED) is 0.451. The lowest BCUT2D eigenvalue weighted by molar-refractivity contribution is -0.137. The first-order chi connectivity index (χ1) is 15.4. The summed E-state index contributed by atoms with van der Waals surface area (Å²) in [6, 6.07) is 14.5. The second-order valence-corrected chi connectivity index (χ2v) is 9.07. The summed E-state index contributed by atoms with van der Waals surface area (Å²) < 4.78 is 70.6. The molecule has 2 N–H and O–H groups in total. The lowest BCUT2D eigenvalue weighted by atomic mass is 10.2. The van der Waals surface area contributed by atoms with Crippen LogP contribution in [0.4, 0.5) is 24.5 Å². The van der Waals surface area contributed by atoms with Crippen molar-refractivity contribution in [3.05, 3.63) is 82.9 Å². The summed E-state index contributed by atoms with van der Waals surface area (Å²) in [4.78, 5) is 11.9. The van der Waals surface area contributed by atoms with Crippen LogP contribution in [0.1, 0.15) is 11.1 Å². The van der Waals surface area contributed by atoms with Gasteiger partial charge in [-0.1, -0.05) is 29.3 Å². The maximum absolute atomic E-state index is 12.6. The van der Waals surface area contributed by atoms with Gasteiger partial charge in [-0.3, -0.25) is 9.52 Å². The zero-order valence-corrected chi connectivity index (χ0v) is 18.7. The van der Waals surface area contributed by atoms with Crippen LogP contribution in [0.3, 0.4) is 0 Å². The second kappa shape index (κ2) is 9.72. The lowest BCUT2D eigenvalue weighted by Gasteiger charge is -2.12.